The molecule has 2 aliphatic heterocycles. The van der Waals surface area contributed by atoms with E-state index in [1.165, 1.54) is 24.0 Å². The van der Waals surface area contributed by atoms with Gasteiger partial charge >= 0.3 is 0 Å². The summed E-state index contributed by atoms with van der Waals surface area (Å²) in [5.74, 6) is 0.285. The van der Waals surface area contributed by atoms with Gasteiger partial charge in [0.1, 0.15) is 0 Å². The summed E-state index contributed by atoms with van der Waals surface area (Å²) in [6.45, 7) is 4.51. The average molecular weight is 301 g/mol. The lowest BCUT2D eigenvalue weighted by atomic mass is 10.00. The third-order valence-corrected chi connectivity index (χ3v) is 4.92. The third-order valence-electron chi connectivity index (χ3n) is 4.92. The Hall–Kier alpha value is -1.39. The Morgan fingerprint density at radius 3 is 2.86 bits per heavy atom. The average Bonchev–Trinajstić information content (AvgIpc) is 2.76. The van der Waals surface area contributed by atoms with Gasteiger partial charge in [-0.15, -0.1) is 0 Å². The molecule has 1 aromatic rings. The number of rotatable bonds is 3. The highest BCUT2D eigenvalue weighted by Gasteiger charge is 2.21. The number of carbonyl (C=O) groups excluding carboxylic acids is 1. The number of amides is 1. The van der Waals surface area contributed by atoms with E-state index in [4.69, 9.17) is 5.73 Å². The van der Waals surface area contributed by atoms with Gasteiger partial charge in [-0.25, -0.2) is 0 Å². The summed E-state index contributed by atoms with van der Waals surface area (Å²) in [7, 11) is 0. The van der Waals surface area contributed by atoms with Crippen molar-refractivity contribution in [2.45, 2.75) is 44.7 Å². The van der Waals surface area contributed by atoms with Crippen LogP contribution in [0.15, 0.2) is 24.3 Å². The molecule has 22 heavy (non-hydrogen) atoms. The highest BCUT2D eigenvalue weighted by Crippen LogP contribution is 2.19. The molecule has 4 heteroatoms. The molecule has 0 aromatic heterocycles. The molecule has 3 rings (SSSR count). The maximum absolute atomic E-state index is 12.5. The van der Waals surface area contributed by atoms with Crippen molar-refractivity contribution in [3.63, 3.8) is 0 Å². The van der Waals surface area contributed by atoms with Gasteiger partial charge in [0.25, 0.3) is 0 Å². The molecule has 2 heterocycles. The van der Waals surface area contributed by atoms with Crippen molar-refractivity contribution in [3.8, 4) is 0 Å². The first kappa shape index (κ1) is 15.5. The second-order valence-corrected chi connectivity index (χ2v) is 6.64. The van der Waals surface area contributed by atoms with Crippen LogP contribution in [-0.2, 0) is 17.8 Å². The Balaban J connectivity index is 1.50. The van der Waals surface area contributed by atoms with Gasteiger partial charge in [-0.05, 0) is 36.9 Å². The van der Waals surface area contributed by atoms with Crippen LogP contribution in [0.25, 0.3) is 0 Å². The second-order valence-electron chi connectivity index (χ2n) is 6.64. The summed E-state index contributed by atoms with van der Waals surface area (Å²) in [6.07, 6.45) is 5.15. The van der Waals surface area contributed by atoms with Gasteiger partial charge < -0.3 is 15.5 Å². The van der Waals surface area contributed by atoms with E-state index < -0.39 is 0 Å². The van der Waals surface area contributed by atoms with Gasteiger partial charge in [-0.3, -0.25) is 4.79 Å². The molecule has 2 N–H and O–H groups in total. The van der Waals surface area contributed by atoms with Gasteiger partial charge in [0.2, 0.25) is 5.91 Å². The van der Waals surface area contributed by atoms with Gasteiger partial charge in [0, 0.05) is 38.6 Å². The topological polar surface area (TPSA) is 49.6 Å². The maximum Gasteiger partial charge on any atom is 0.224 e. The fourth-order valence-electron chi connectivity index (χ4n) is 3.58. The molecule has 120 valence electrons. The molecule has 1 saturated heterocycles. The quantitative estimate of drug-likeness (QED) is 0.926. The number of likely N-dealkylation sites (tertiary alicyclic amines) is 1. The Kier molecular flexibility index (Phi) is 5.11. The first-order valence-corrected chi connectivity index (χ1v) is 8.55. The van der Waals surface area contributed by atoms with Crippen molar-refractivity contribution in [3.05, 3.63) is 35.4 Å². The number of nitrogens with two attached hydrogens (primary N) is 1. The number of benzene rings is 1. The normalized spacial score (nSPS) is 23.0. The lowest BCUT2D eigenvalue weighted by Crippen LogP contribution is -2.40. The van der Waals surface area contributed by atoms with E-state index in [1.54, 1.807) is 0 Å². The zero-order chi connectivity index (χ0) is 15.4. The van der Waals surface area contributed by atoms with E-state index in [1.807, 2.05) is 4.90 Å². The molecular formula is C18H27N3O. The maximum atomic E-state index is 12.5. The molecule has 0 saturated carbocycles. The fourth-order valence-corrected chi connectivity index (χ4v) is 3.58. The molecule has 1 amide bonds. The van der Waals surface area contributed by atoms with Crippen molar-refractivity contribution in [1.29, 1.82) is 0 Å². The zero-order valence-corrected chi connectivity index (χ0v) is 13.3. The molecule has 0 aliphatic carbocycles. The highest BCUT2D eigenvalue weighted by atomic mass is 16.2. The smallest absolute Gasteiger partial charge is 0.224 e. The van der Waals surface area contributed by atoms with Crippen LogP contribution in [0.2, 0.25) is 0 Å². The Bertz CT molecular complexity index is 517. The van der Waals surface area contributed by atoms with E-state index in [2.05, 4.69) is 29.2 Å². The van der Waals surface area contributed by atoms with Crippen LogP contribution in [0, 0.1) is 0 Å². The molecule has 1 aromatic carbocycles. The Morgan fingerprint density at radius 1 is 1.18 bits per heavy atom. The van der Waals surface area contributed by atoms with Gasteiger partial charge in [0.05, 0.1) is 0 Å². The highest BCUT2D eigenvalue weighted by molar-refractivity contribution is 5.76. The van der Waals surface area contributed by atoms with Crippen molar-refractivity contribution >= 4 is 5.91 Å². The second kappa shape index (κ2) is 7.25. The van der Waals surface area contributed by atoms with Crippen LogP contribution >= 0.6 is 0 Å². The van der Waals surface area contributed by atoms with Crippen molar-refractivity contribution in [2.24, 2.45) is 5.73 Å². The molecule has 0 spiro atoms. The predicted octanol–water partition coefficient (Wildman–Crippen LogP) is 1.77. The fraction of sp³-hybridized carbons (Fsp3) is 0.611. The van der Waals surface area contributed by atoms with Crippen molar-refractivity contribution in [1.82, 2.24) is 9.80 Å². The van der Waals surface area contributed by atoms with Crippen LogP contribution in [-0.4, -0.2) is 47.9 Å². The summed E-state index contributed by atoms with van der Waals surface area (Å²) >= 11 is 0. The number of hydrogen-bond donors (Lipinski definition) is 1. The van der Waals surface area contributed by atoms with E-state index in [9.17, 15) is 4.79 Å². The molecule has 0 bridgehead atoms. The number of carbonyl (C=O) groups is 1. The minimum Gasteiger partial charge on any atom is -0.338 e. The summed E-state index contributed by atoms with van der Waals surface area (Å²) in [6, 6.07) is 8.74. The first-order valence-electron chi connectivity index (χ1n) is 8.55. The summed E-state index contributed by atoms with van der Waals surface area (Å²) in [4.78, 5) is 16.9. The SMILES string of the molecule is NC1CCCCN(CCC(=O)N2CCc3ccccc3C2)C1. The van der Waals surface area contributed by atoms with Crippen LogP contribution in [0.5, 0.6) is 0 Å². The minimum atomic E-state index is 0.277. The standard InChI is InChI=1S/C18H27N3O/c19-17-7-3-4-10-20(14-17)11-9-18(22)21-12-8-15-5-1-2-6-16(15)13-21/h1-2,5-6,17H,3-4,7-14,19H2. The molecular weight excluding hydrogens is 274 g/mol. The Morgan fingerprint density at radius 2 is 2.00 bits per heavy atom. The van der Waals surface area contributed by atoms with Crippen molar-refractivity contribution in [2.75, 3.05) is 26.2 Å². The summed E-state index contributed by atoms with van der Waals surface area (Å²) in [5, 5.41) is 0. The van der Waals surface area contributed by atoms with Crippen LogP contribution in [0.4, 0.5) is 0 Å². The lowest BCUT2D eigenvalue weighted by Gasteiger charge is -2.30. The predicted molar refractivity (Wildman–Crippen MR) is 88.4 cm³/mol. The Labute approximate surface area is 133 Å². The van der Waals surface area contributed by atoms with Crippen LogP contribution in [0.3, 0.4) is 0 Å². The third kappa shape index (κ3) is 3.87. The first-order chi connectivity index (χ1) is 10.7. The van der Waals surface area contributed by atoms with E-state index >= 15 is 0 Å². The minimum absolute atomic E-state index is 0.277. The summed E-state index contributed by atoms with van der Waals surface area (Å²) in [5.41, 5.74) is 8.79. The summed E-state index contributed by atoms with van der Waals surface area (Å²) < 4.78 is 0. The van der Waals surface area contributed by atoms with Gasteiger partial charge in [0.15, 0.2) is 0 Å². The van der Waals surface area contributed by atoms with Crippen LogP contribution in [0.1, 0.15) is 36.8 Å². The van der Waals surface area contributed by atoms with E-state index in [0.29, 0.717) is 6.42 Å². The molecule has 1 unspecified atom stereocenters. The largest absolute Gasteiger partial charge is 0.338 e. The lowest BCUT2D eigenvalue weighted by molar-refractivity contribution is -0.132. The van der Waals surface area contributed by atoms with Gasteiger partial charge in [-0.1, -0.05) is 30.7 Å². The molecule has 1 atom stereocenters. The van der Waals surface area contributed by atoms with Crippen LogP contribution < -0.4 is 5.73 Å². The monoisotopic (exact) mass is 301 g/mol. The van der Waals surface area contributed by atoms with E-state index in [-0.39, 0.29) is 11.9 Å². The zero-order valence-electron chi connectivity index (χ0n) is 13.3. The molecule has 0 radical (unpaired) electrons. The molecule has 4 nitrogen and oxygen atoms in total. The molecule has 2 aliphatic rings. The number of fused-ring (bicyclic) bond motifs is 1. The van der Waals surface area contributed by atoms with Gasteiger partial charge in [-0.2, -0.15) is 0 Å². The van der Waals surface area contributed by atoms with Crippen molar-refractivity contribution < 1.29 is 4.79 Å². The molecule has 1 fully saturated rings. The number of nitrogens with zero attached hydrogens (tertiary/aromatic N) is 2. The van der Waals surface area contributed by atoms with E-state index in [0.717, 1.165) is 45.6 Å². The number of hydrogen-bond acceptors (Lipinski definition) is 3.